The van der Waals surface area contributed by atoms with Gasteiger partial charge in [0, 0.05) is 22.3 Å². The molecule has 0 radical (unpaired) electrons. The average Bonchev–Trinajstić information content (AvgIpc) is 2.61. The van der Waals surface area contributed by atoms with Gasteiger partial charge in [0.1, 0.15) is 0 Å². The molecule has 2 heteroatoms. The molecule has 138 valence electrons. The lowest BCUT2D eigenvalue weighted by molar-refractivity contribution is 0.668. The van der Waals surface area contributed by atoms with E-state index in [1.165, 1.54) is 50.5 Å². The van der Waals surface area contributed by atoms with Crippen molar-refractivity contribution in [1.82, 2.24) is 0 Å². The van der Waals surface area contributed by atoms with Gasteiger partial charge in [-0.3, -0.25) is 0 Å². The first kappa shape index (κ1) is 21.7. The first-order valence-electron chi connectivity index (χ1n) is 9.84. The Morgan fingerprint density at radius 3 is 2.24 bits per heavy atom. The number of hydrogen-bond donors (Lipinski definition) is 0. The standard InChI is InChI=1S/C23H34OS/c1-4-6-8-10-11-13-15-22(14-12-9-7-5-2)20-25(24)23-18-16-21(3)17-19-23/h16-20H,4-12,14H2,1-3H3/b22-20+/t25-/m1/s1. The smallest absolute Gasteiger partial charge is 0.0785 e. The van der Waals surface area contributed by atoms with Gasteiger partial charge >= 0.3 is 0 Å². The van der Waals surface area contributed by atoms with Crippen molar-refractivity contribution in [2.24, 2.45) is 0 Å². The number of hydrogen-bond acceptors (Lipinski definition) is 1. The topological polar surface area (TPSA) is 17.1 Å². The van der Waals surface area contributed by atoms with Crippen LogP contribution < -0.4 is 0 Å². The number of aryl methyl sites for hydroxylation is 1. The van der Waals surface area contributed by atoms with Gasteiger partial charge in [0.05, 0.1) is 10.8 Å². The Balaban J connectivity index is 2.69. The van der Waals surface area contributed by atoms with E-state index in [-0.39, 0.29) is 0 Å². The Bertz CT molecular complexity index is 587. The van der Waals surface area contributed by atoms with E-state index in [4.69, 9.17) is 0 Å². The third-order valence-electron chi connectivity index (χ3n) is 4.21. The van der Waals surface area contributed by atoms with Crippen LogP contribution >= 0.6 is 0 Å². The Morgan fingerprint density at radius 2 is 1.60 bits per heavy atom. The quantitative estimate of drug-likeness (QED) is 0.309. The summed E-state index contributed by atoms with van der Waals surface area (Å²) in [6.45, 7) is 6.49. The molecule has 0 aliphatic carbocycles. The molecular formula is C23H34OS. The molecule has 0 saturated heterocycles. The maximum Gasteiger partial charge on any atom is 0.0785 e. The third-order valence-corrected chi connectivity index (χ3v) is 5.44. The van der Waals surface area contributed by atoms with E-state index in [9.17, 15) is 4.21 Å². The lowest BCUT2D eigenvalue weighted by atomic mass is 10.1. The molecule has 1 atom stereocenters. The highest BCUT2D eigenvalue weighted by molar-refractivity contribution is 7.88. The van der Waals surface area contributed by atoms with Crippen molar-refractivity contribution < 1.29 is 4.21 Å². The van der Waals surface area contributed by atoms with Gasteiger partial charge in [0.2, 0.25) is 0 Å². The molecule has 0 saturated carbocycles. The minimum Gasteiger partial charge on any atom is -0.250 e. The summed E-state index contributed by atoms with van der Waals surface area (Å²) in [5.74, 6) is 6.60. The van der Waals surface area contributed by atoms with E-state index in [1.807, 2.05) is 36.6 Å². The van der Waals surface area contributed by atoms with Crippen LogP contribution in [0.3, 0.4) is 0 Å². The van der Waals surface area contributed by atoms with E-state index in [0.29, 0.717) is 0 Å². The monoisotopic (exact) mass is 358 g/mol. The number of benzene rings is 1. The molecule has 1 aromatic rings. The summed E-state index contributed by atoms with van der Waals surface area (Å²) in [5, 5.41) is 1.87. The van der Waals surface area contributed by atoms with Gasteiger partial charge in [-0.05, 0) is 38.3 Å². The molecule has 0 bridgehead atoms. The highest BCUT2D eigenvalue weighted by Crippen LogP contribution is 2.15. The van der Waals surface area contributed by atoms with Crippen molar-refractivity contribution >= 4 is 10.8 Å². The van der Waals surface area contributed by atoms with E-state index < -0.39 is 10.8 Å². The van der Waals surface area contributed by atoms with Gasteiger partial charge in [-0.2, -0.15) is 0 Å². The molecule has 0 heterocycles. The lowest BCUT2D eigenvalue weighted by Crippen LogP contribution is -1.91. The molecule has 1 nitrogen and oxygen atoms in total. The Kier molecular flexibility index (Phi) is 12.1. The highest BCUT2D eigenvalue weighted by Gasteiger charge is 2.03. The van der Waals surface area contributed by atoms with Crippen LogP contribution in [0.4, 0.5) is 0 Å². The van der Waals surface area contributed by atoms with Gasteiger partial charge in [0.15, 0.2) is 0 Å². The zero-order valence-corrected chi connectivity index (χ0v) is 17.1. The van der Waals surface area contributed by atoms with Gasteiger partial charge in [-0.1, -0.05) is 81.9 Å². The molecular weight excluding hydrogens is 324 g/mol. The molecule has 0 aliphatic heterocycles. The number of rotatable bonds is 11. The normalized spacial score (nSPS) is 12.5. The first-order chi connectivity index (χ1) is 12.2. The van der Waals surface area contributed by atoms with Crippen LogP contribution in [-0.4, -0.2) is 4.21 Å². The molecule has 1 rings (SSSR count). The molecule has 0 amide bonds. The van der Waals surface area contributed by atoms with Crippen molar-refractivity contribution in [1.29, 1.82) is 0 Å². The summed E-state index contributed by atoms with van der Waals surface area (Å²) in [6.07, 6.45) is 11.7. The van der Waals surface area contributed by atoms with Gasteiger partial charge in [0.25, 0.3) is 0 Å². The highest BCUT2D eigenvalue weighted by atomic mass is 32.2. The SMILES string of the molecule is CCCCCCC#C/C(=C/[S@@](=O)c1ccc(C)cc1)CCCCCC. The summed E-state index contributed by atoms with van der Waals surface area (Å²) in [4.78, 5) is 0.862. The van der Waals surface area contributed by atoms with Crippen LogP contribution in [0.2, 0.25) is 0 Å². The maximum absolute atomic E-state index is 12.6. The summed E-state index contributed by atoms with van der Waals surface area (Å²) >= 11 is 0. The molecule has 0 aromatic heterocycles. The molecule has 0 aliphatic rings. The second-order valence-electron chi connectivity index (χ2n) is 6.68. The zero-order chi connectivity index (χ0) is 18.3. The van der Waals surface area contributed by atoms with Crippen LogP contribution in [0, 0.1) is 18.8 Å². The summed E-state index contributed by atoms with van der Waals surface area (Å²) in [7, 11) is -1.10. The number of unbranched alkanes of at least 4 members (excludes halogenated alkanes) is 7. The molecule has 1 aromatic carbocycles. The van der Waals surface area contributed by atoms with Crippen LogP contribution in [0.15, 0.2) is 40.1 Å². The molecule has 0 spiro atoms. The van der Waals surface area contributed by atoms with E-state index in [0.717, 1.165) is 29.7 Å². The van der Waals surface area contributed by atoms with E-state index in [1.54, 1.807) is 0 Å². The average molecular weight is 359 g/mol. The fourth-order valence-electron chi connectivity index (χ4n) is 2.58. The Morgan fingerprint density at radius 1 is 0.960 bits per heavy atom. The lowest BCUT2D eigenvalue weighted by Gasteiger charge is -2.02. The van der Waals surface area contributed by atoms with Crippen molar-refractivity contribution in [3.05, 3.63) is 40.8 Å². The first-order valence-corrected chi connectivity index (χ1v) is 11.1. The fraction of sp³-hybridized carbons (Fsp3) is 0.565. The van der Waals surface area contributed by atoms with Gasteiger partial charge in [-0.25, -0.2) is 4.21 Å². The van der Waals surface area contributed by atoms with E-state index in [2.05, 4.69) is 25.7 Å². The van der Waals surface area contributed by atoms with Crippen LogP contribution in [-0.2, 0) is 10.8 Å². The zero-order valence-electron chi connectivity index (χ0n) is 16.3. The van der Waals surface area contributed by atoms with Gasteiger partial charge in [-0.15, -0.1) is 0 Å². The van der Waals surface area contributed by atoms with Gasteiger partial charge < -0.3 is 0 Å². The predicted octanol–water partition coefficient (Wildman–Crippen LogP) is 6.93. The third kappa shape index (κ3) is 10.3. The fourth-order valence-corrected chi connectivity index (χ4v) is 3.55. The van der Waals surface area contributed by atoms with Crippen LogP contribution in [0.1, 0.15) is 83.6 Å². The molecule has 0 unspecified atom stereocenters. The summed E-state index contributed by atoms with van der Waals surface area (Å²) in [5.41, 5.74) is 2.24. The van der Waals surface area contributed by atoms with E-state index >= 15 is 0 Å². The largest absolute Gasteiger partial charge is 0.250 e. The number of allylic oxidation sites excluding steroid dienone is 1. The van der Waals surface area contributed by atoms with Crippen LogP contribution in [0.5, 0.6) is 0 Å². The summed E-state index contributed by atoms with van der Waals surface area (Å²) < 4.78 is 12.6. The molecule has 0 N–H and O–H groups in total. The Hall–Kier alpha value is -1.33. The molecule has 25 heavy (non-hydrogen) atoms. The minimum absolute atomic E-state index is 0.862. The minimum atomic E-state index is -1.10. The molecule has 0 fully saturated rings. The van der Waals surface area contributed by atoms with Crippen molar-refractivity contribution in [2.45, 2.75) is 89.9 Å². The maximum atomic E-state index is 12.6. The second-order valence-corrected chi connectivity index (χ2v) is 7.98. The van der Waals surface area contributed by atoms with Crippen LogP contribution in [0.25, 0.3) is 0 Å². The predicted molar refractivity (Wildman–Crippen MR) is 111 cm³/mol. The van der Waals surface area contributed by atoms with Crippen molar-refractivity contribution in [3.8, 4) is 11.8 Å². The Labute approximate surface area is 157 Å². The van der Waals surface area contributed by atoms with Crippen molar-refractivity contribution in [2.75, 3.05) is 0 Å². The summed E-state index contributed by atoms with van der Waals surface area (Å²) in [6, 6.07) is 7.94. The van der Waals surface area contributed by atoms with Crippen molar-refractivity contribution in [3.63, 3.8) is 0 Å². The second kappa shape index (κ2) is 13.9.